The quantitative estimate of drug-likeness (QED) is 0.532. The predicted molar refractivity (Wildman–Crippen MR) is 110 cm³/mol. The van der Waals surface area contributed by atoms with Crippen molar-refractivity contribution in [3.63, 3.8) is 0 Å². The van der Waals surface area contributed by atoms with Gasteiger partial charge in [-0.25, -0.2) is 8.42 Å². The molecular formula is C18H15BrClNO4S2. The zero-order chi connectivity index (χ0) is 19.2. The summed E-state index contributed by atoms with van der Waals surface area (Å²) in [7, 11) is -3.14. The third kappa shape index (κ3) is 3.81. The average molecular weight is 489 g/mol. The van der Waals surface area contributed by atoms with E-state index < -0.39 is 15.9 Å². The maximum absolute atomic E-state index is 13.3. The zero-order valence-electron chi connectivity index (χ0n) is 14.0. The Bertz CT molecular complexity index is 1120. The Morgan fingerprint density at radius 3 is 2.70 bits per heavy atom. The van der Waals surface area contributed by atoms with Crippen molar-refractivity contribution >= 4 is 64.7 Å². The number of thiophene rings is 1. The lowest BCUT2D eigenvalue weighted by Gasteiger charge is -2.27. The Hall–Kier alpha value is -1.35. The first-order chi connectivity index (χ1) is 12.8. The van der Waals surface area contributed by atoms with Crippen LogP contribution in [-0.2, 0) is 16.4 Å². The molecule has 0 radical (unpaired) electrons. The highest BCUT2D eigenvalue weighted by Gasteiger charge is 2.36. The highest BCUT2D eigenvalue weighted by molar-refractivity contribution is 9.10. The summed E-state index contributed by atoms with van der Waals surface area (Å²) in [5.41, 5.74) is 0. The molecule has 1 saturated heterocycles. The van der Waals surface area contributed by atoms with Crippen LogP contribution in [0.3, 0.4) is 0 Å². The number of rotatable bonds is 4. The van der Waals surface area contributed by atoms with Gasteiger partial charge in [-0.15, -0.1) is 11.3 Å². The number of hydrogen-bond acceptors (Lipinski definition) is 5. The first-order valence-corrected chi connectivity index (χ1v) is 12.1. The highest BCUT2D eigenvalue weighted by Crippen LogP contribution is 2.37. The number of halogens is 2. The van der Waals surface area contributed by atoms with Gasteiger partial charge < -0.3 is 9.32 Å². The first kappa shape index (κ1) is 19.0. The van der Waals surface area contributed by atoms with Crippen LogP contribution in [0.5, 0.6) is 0 Å². The van der Waals surface area contributed by atoms with Gasteiger partial charge in [-0.1, -0.05) is 29.8 Å². The minimum atomic E-state index is -3.14. The van der Waals surface area contributed by atoms with Gasteiger partial charge >= 0.3 is 0 Å². The van der Waals surface area contributed by atoms with E-state index >= 15 is 0 Å². The standard InChI is InChI=1S/C18H15BrClNO4S2/c19-15-6-5-12(25-15)9-21(11-7-8-27(23,24)10-11)18(22)17-16(20)13-3-1-2-4-14(13)26-17/h1-6,11H,7-10H2/t11-/m0/s1. The van der Waals surface area contributed by atoms with Crippen molar-refractivity contribution in [2.45, 2.75) is 19.0 Å². The van der Waals surface area contributed by atoms with E-state index in [1.807, 2.05) is 24.3 Å². The summed E-state index contributed by atoms with van der Waals surface area (Å²) in [6.45, 7) is 0.190. The molecule has 142 valence electrons. The van der Waals surface area contributed by atoms with Gasteiger partial charge in [0.2, 0.25) is 0 Å². The number of fused-ring (bicyclic) bond motifs is 1. The Kier molecular flexibility index (Phi) is 5.09. The second-order valence-electron chi connectivity index (χ2n) is 6.44. The van der Waals surface area contributed by atoms with Crippen LogP contribution in [0, 0.1) is 0 Å². The normalized spacial score (nSPS) is 18.8. The summed E-state index contributed by atoms with van der Waals surface area (Å²) in [5, 5.41) is 1.24. The van der Waals surface area contributed by atoms with Crippen LogP contribution < -0.4 is 0 Å². The fourth-order valence-electron chi connectivity index (χ4n) is 3.27. The van der Waals surface area contributed by atoms with E-state index in [1.165, 1.54) is 11.3 Å². The van der Waals surface area contributed by atoms with Gasteiger partial charge in [0.15, 0.2) is 14.5 Å². The van der Waals surface area contributed by atoms with E-state index in [9.17, 15) is 13.2 Å². The van der Waals surface area contributed by atoms with E-state index in [0.717, 1.165) is 10.1 Å². The molecule has 0 aliphatic carbocycles. The fourth-order valence-corrected chi connectivity index (χ4v) is 6.81. The average Bonchev–Trinajstić information content (AvgIpc) is 3.30. The van der Waals surface area contributed by atoms with Crippen molar-refractivity contribution in [1.29, 1.82) is 0 Å². The largest absolute Gasteiger partial charge is 0.452 e. The molecule has 1 amide bonds. The molecule has 5 nitrogen and oxygen atoms in total. The van der Waals surface area contributed by atoms with Gasteiger partial charge in [-0.05, 0) is 40.5 Å². The molecule has 1 fully saturated rings. The van der Waals surface area contributed by atoms with Crippen molar-refractivity contribution < 1.29 is 17.6 Å². The first-order valence-electron chi connectivity index (χ1n) is 8.27. The van der Waals surface area contributed by atoms with Crippen molar-refractivity contribution in [3.8, 4) is 0 Å². The van der Waals surface area contributed by atoms with Gasteiger partial charge in [0, 0.05) is 16.1 Å². The van der Waals surface area contributed by atoms with E-state index in [0.29, 0.717) is 26.8 Å². The molecule has 1 aliphatic rings. The Balaban J connectivity index is 1.72. The molecule has 0 unspecified atom stereocenters. The van der Waals surface area contributed by atoms with Crippen molar-refractivity contribution in [1.82, 2.24) is 4.90 Å². The Morgan fingerprint density at radius 2 is 2.07 bits per heavy atom. The predicted octanol–water partition coefficient (Wildman–Crippen LogP) is 4.74. The van der Waals surface area contributed by atoms with Gasteiger partial charge in [0.25, 0.3) is 5.91 Å². The van der Waals surface area contributed by atoms with E-state index in [-0.39, 0.29) is 24.0 Å². The molecular weight excluding hydrogens is 474 g/mol. The third-order valence-corrected chi connectivity index (χ3v) is 8.43. The maximum Gasteiger partial charge on any atom is 0.266 e. The van der Waals surface area contributed by atoms with Crippen LogP contribution in [0.2, 0.25) is 5.02 Å². The molecule has 9 heteroatoms. The minimum absolute atomic E-state index is 0.0386. The number of carbonyl (C=O) groups excluding carboxylic acids is 1. The molecule has 0 spiro atoms. The number of nitrogens with zero attached hydrogens (tertiary/aromatic N) is 1. The number of carbonyl (C=O) groups is 1. The van der Waals surface area contributed by atoms with Crippen LogP contribution in [0.25, 0.3) is 10.1 Å². The fraction of sp³-hybridized carbons (Fsp3) is 0.278. The van der Waals surface area contributed by atoms with Gasteiger partial charge in [-0.2, -0.15) is 0 Å². The lowest BCUT2D eigenvalue weighted by atomic mass is 10.2. The molecule has 1 atom stereocenters. The topological polar surface area (TPSA) is 67.6 Å². The number of furan rings is 1. The second kappa shape index (κ2) is 7.24. The van der Waals surface area contributed by atoms with E-state index in [4.69, 9.17) is 16.0 Å². The molecule has 3 heterocycles. The summed E-state index contributed by atoms with van der Waals surface area (Å²) >= 11 is 11.1. The molecule has 27 heavy (non-hydrogen) atoms. The monoisotopic (exact) mass is 487 g/mol. The molecule has 0 saturated carbocycles. The zero-order valence-corrected chi connectivity index (χ0v) is 18.0. The molecule has 0 N–H and O–H groups in total. The maximum atomic E-state index is 13.3. The summed E-state index contributed by atoms with van der Waals surface area (Å²) in [5.74, 6) is 0.361. The van der Waals surface area contributed by atoms with E-state index in [1.54, 1.807) is 17.0 Å². The smallest absolute Gasteiger partial charge is 0.266 e. The summed E-state index contributed by atoms with van der Waals surface area (Å²) in [4.78, 5) is 15.3. The van der Waals surface area contributed by atoms with Crippen molar-refractivity contribution in [3.05, 3.63) is 56.7 Å². The lowest BCUT2D eigenvalue weighted by molar-refractivity contribution is 0.0671. The molecule has 2 aromatic heterocycles. The van der Waals surface area contributed by atoms with Crippen LogP contribution in [0.15, 0.2) is 45.5 Å². The van der Waals surface area contributed by atoms with Crippen LogP contribution in [0.1, 0.15) is 21.9 Å². The SMILES string of the molecule is O=C(c1sc2ccccc2c1Cl)N(Cc1ccc(Br)o1)[C@H]1CCS(=O)(=O)C1. The van der Waals surface area contributed by atoms with Gasteiger partial charge in [0.05, 0.1) is 23.1 Å². The number of benzene rings is 1. The van der Waals surface area contributed by atoms with Gasteiger partial charge in [-0.3, -0.25) is 4.79 Å². The van der Waals surface area contributed by atoms with Crippen LogP contribution in [-0.4, -0.2) is 36.8 Å². The number of hydrogen-bond donors (Lipinski definition) is 0. The van der Waals surface area contributed by atoms with Crippen LogP contribution >= 0.6 is 38.9 Å². The molecule has 1 aliphatic heterocycles. The summed E-state index contributed by atoms with van der Waals surface area (Å²) in [6.07, 6.45) is 0.415. The van der Waals surface area contributed by atoms with Crippen LogP contribution in [0.4, 0.5) is 0 Å². The summed E-state index contributed by atoms with van der Waals surface area (Å²) < 4.78 is 31.0. The highest BCUT2D eigenvalue weighted by atomic mass is 79.9. The number of sulfone groups is 1. The number of amides is 1. The Morgan fingerprint density at radius 1 is 1.30 bits per heavy atom. The van der Waals surface area contributed by atoms with Crippen molar-refractivity contribution in [2.24, 2.45) is 0 Å². The van der Waals surface area contributed by atoms with Crippen molar-refractivity contribution in [2.75, 3.05) is 11.5 Å². The molecule has 1 aromatic carbocycles. The summed E-state index contributed by atoms with van der Waals surface area (Å²) in [6, 6.07) is 10.7. The lowest BCUT2D eigenvalue weighted by Crippen LogP contribution is -2.40. The third-order valence-electron chi connectivity index (χ3n) is 4.59. The molecule has 3 aromatic rings. The second-order valence-corrected chi connectivity index (χ2v) is 10.9. The van der Waals surface area contributed by atoms with Gasteiger partial charge in [0.1, 0.15) is 10.6 Å². The minimum Gasteiger partial charge on any atom is -0.452 e. The Labute approximate surface area is 174 Å². The molecule has 0 bridgehead atoms. The van der Waals surface area contributed by atoms with E-state index in [2.05, 4.69) is 15.9 Å². The molecule has 4 rings (SSSR count).